The molecular weight excluding hydrogens is 864 g/mol. The number of para-hydroxylation sites is 6. The number of benzene rings is 9. The molecule has 5 heteroatoms. The molecule has 0 aromatic heterocycles. The van der Waals surface area contributed by atoms with Gasteiger partial charge in [0.2, 0.25) is 0 Å². The Labute approximate surface area is 419 Å². The van der Waals surface area contributed by atoms with Gasteiger partial charge >= 0.3 is 0 Å². The summed E-state index contributed by atoms with van der Waals surface area (Å²) >= 11 is 0. The molecule has 0 N–H and O–H groups in total. The molecule has 0 bridgehead atoms. The first-order chi connectivity index (χ1) is 34.1. The lowest BCUT2D eigenvalue weighted by atomic mass is 9.32. The highest BCUT2D eigenvalue weighted by Gasteiger charge is 2.48. The number of anilines is 6. The average molecular weight is 921 g/mol. The van der Waals surface area contributed by atoms with Crippen molar-refractivity contribution in [2.75, 3.05) is 9.80 Å². The van der Waals surface area contributed by atoms with Gasteiger partial charge in [0.25, 0.3) is 6.71 Å². The number of hydrogen-bond acceptors (Lipinski definition) is 4. The zero-order chi connectivity index (χ0) is 48.7. The van der Waals surface area contributed by atoms with E-state index in [4.69, 9.17) is 9.47 Å². The Bertz CT molecular complexity index is 3470. The topological polar surface area (TPSA) is 24.9 Å². The van der Waals surface area contributed by atoms with Crippen LogP contribution < -0.4 is 35.7 Å². The molecule has 4 heterocycles. The minimum absolute atomic E-state index is 0.167. The zero-order valence-electron chi connectivity index (χ0n) is 42.1. The Kier molecular flexibility index (Phi) is 9.37. The van der Waals surface area contributed by atoms with Gasteiger partial charge in [-0.25, -0.2) is 0 Å². The maximum absolute atomic E-state index is 7.16. The van der Waals surface area contributed by atoms with Crippen LogP contribution in [0.4, 0.5) is 34.1 Å². The molecule has 0 atom stereocenters. The molecular formula is C66H57BN2O2. The van der Waals surface area contributed by atoms with Gasteiger partial charge in [-0.3, -0.25) is 0 Å². The Morgan fingerprint density at radius 2 is 0.606 bits per heavy atom. The normalized spacial score (nSPS) is 13.8. The summed E-state index contributed by atoms with van der Waals surface area (Å²) in [5, 5.41) is 0. The van der Waals surface area contributed by atoms with E-state index in [1.54, 1.807) is 0 Å². The van der Waals surface area contributed by atoms with Crippen molar-refractivity contribution in [2.45, 2.75) is 78.6 Å². The molecule has 0 spiro atoms. The molecule has 0 unspecified atom stereocenters. The number of ether oxygens (including phenoxy) is 2. The van der Waals surface area contributed by atoms with Gasteiger partial charge in [0.05, 0.1) is 11.4 Å². The van der Waals surface area contributed by atoms with E-state index in [0.29, 0.717) is 0 Å². The van der Waals surface area contributed by atoms with E-state index in [-0.39, 0.29) is 23.0 Å². The van der Waals surface area contributed by atoms with Crippen LogP contribution in [0.25, 0.3) is 44.5 Å². The minimum Gasteiger partial charge on any atom is -0.456 e. The smallest absolute Gasteiger partial charge is 0.252 e. The first-order valence-electron chi connectivity index (χ1n) is 25.2. The van der Waals surface area contributed by atoms with E-state index in [2.05, 4.69) is 254 Å². The fourth-order valence-corrected chi connectivity index (χ4v) is 11.6. The average Bonchev–Trinajstić information content (AvgIpc) is 3.35. The van der Waals surface area contributed by atoms with Crippen molar-refractivity contribution >= 4 is 57.2 Å². The second kappa shape index (κ2) is 15.4. The van der Waals surface area contributed by atoms with E-state index >= 15 is 0 Å². The molecule has 13 rings (SSSR count). The van der Waals surface area contributed by atoms with Crippen molar-refractivity contribution < 1.29 is 9.47 Å². The van der Waals surface area contributed by atoms with Crippen LogP contribution in [0.3, 0.4) is 0 Å². The lowest BCUT2D eigenvalue weighted by Crippen LogP contribution is -2.62. The molecule has 9 aromatic rings. The summed E-state index contributed by atoms with van der Waals surface area (Å²) in [4.78, 5) is 5.28. The third-order valence-corrected chi connectivity index (χ3v) is 15.3. The number of fused-ring (bicyclic) bond motifs is 16. The molecule has 0 amide bonds. The summed E-state index contributed by atoms with van der Waals surface area (Å²) in [6.07, 6.45) is 0. The first kappa shape index (κ1) is 43.3. The highest BCUT2D eigenvalue weighted by molar-refractivity contribution is 7.00. The van der Waals surface area contributed by atoms with Gasteiger partial charge in [0, 0.05) is 67.3 Å². The third-order valence-electron chi connectivity index (χ3n) is 15.3. The van der Waals surface area contributed by atoms with Gasteiger partial charge in [-0.05, 0) is 110 Å². The third kappa shape index (κ3) is 6.66. The van der Waals surface area contributed by atoms with Crippen LogP contribution in [-0.4, -0.2) is 6.71 Å². The van der Waals surface area contributed by atoms with Crippen LogP contribution in [0.2, 0.25) is 0 Å². The number of rotatable bonds is 0. The summed E-state index contributed by atoms with van der Waals surface area (Å²) in [7, 11) is 0. The second-order valence-corrected chi connectivity index (χ2v) is 22.9. The molecule has 0 aliphatic carbocycles. The minimum atomic E-state index is -0.216. The van der Waals surface area contributed by atoms with Gasteiger partial charge < -0.3 is 19.3 Å². The van der Waals surface area contributed by atoms with E-state index in [0.717, 1.165) is 78.9 Å². The first-order valence-corrected chi connectivity index (χ1v) is 25.2. The number of nitrogens with zero attached hydrogens (tertiary/aromatic N) is 2. The fraction of sp³-hybridized carbons (Fsp3) is 0.182. The predicted molar refractivity (Wildman–Crippen MR) is 298 cm³/mol. The highest BCUT2D eigenvalue weighted by Crippen LogP contribution is 2.57. The van der Waals surface area contributed by atoms with E-state index in [1.165, 1.54) is 55.8 Å². The second-order valence-electron chi connectivity index (χ2n) is 22.9. The Balaban J connectivity index is 1.28. The van der Waals surface area contributed by atoms with Gasteiger partial charge in [0.15, 0.2) is 0 Å². The standard InChI is InChI=1S/C66H57BN2O2/c1-64(2,3)40-34-49-47-26-14-20-32-59(47)70-57-30-18-12-24-45(57)43-22-10-16-28-53(43)68-55-38-42(66(7,8)9)39-56-61(55)67(51(36-40)62(49)68)52-37-41(65(4,5)6)35-50-48-27-15-21-33-60(48)71-58-31-19-13-25-46(58)44-23-11-17-29-54(44)69(56)63(50)52/h10-39H,1-9H3. The summed E-state index contributed by atoms with van der Waals surface area (Å²) in [5.41, 5.74) is 22.7. The van der Waals surface area contributed by atoms with Crippen molar-refractivity contribution in [3.8, 4) is 67.5 Å². The Morgan fingerprint density at radius 1 is 0.310 bits per heavy atom. The molecule has 346 valence electrons. The van der Waals surface area contributed by atoms with E-state index < -0.39 is 0 Å². The van der Waals surface area contributed by atoms with Gasteiger partial charge in [-0.1, -0.05) is 184 Å². The molecule has 0 saturated heterocycles. The van der Waals surface area contributed by atoms with Crippen LogP contribution in [0, 0.1) is 0 Å². The summed E-state index contributed by atoms with van der Waals surface area (Å²) in [6, 6.07) is 67.4. The van der Waals surface area contributed by atoms with Gasteiger partial charge in [-0.15, -0.1) is 0 Å². The van der Waals surface area contributed by atoms with Gasteiger partial charge in [0.1, 0.15) is 23.0 Å². The van der Waals surface area contributed by atoms with Crippen LogP contribution in [-0.2, 0) is 16.2 Å². The van der Waals surface area contributed by atoms with Crippen molar-refractivity contribution in [3.05, 3.63) is 199 Å². The summed E-state index contributed by atoms with van der Waals surface area (Å²) in [5.74, 6) is 3.32. The lowest BCUT2D eigenvalue weighted by Gasteiger charge is -2.47. The molecule has 0 radical (unpaired) electrons. The molecule has 0 saturated carbocycles. The lowest BCUT2D eigenvalue weighted by molar-refractivity contribution is 0.486. The zero-order valence-corrected chi connectivity index (χ0v) is 42.1. The predicted octanol–water partition coefficient (Wildman–Crippen LogP) is 16.5. The maximum atomic E-state index is 7.16. The quantitative estimate of drug-likeness (QED) is 0.142. The largest absolute Gasteiger partial charge is 0.456 e. The van der Waals surface area contributed by atoms with E-state index in [9.17, 15) is 0 Å². The van der Waals surface area contributed by atoms with Crippen LogP contribution in [0.5, 0.6) is 23.0 Å². The summed E-state index contributed by atoms with van der Waals surface area (Å²) in [6.45, 7) is 21.0. The van der Waals surface area contributed by atoms with Crippen molar-refractivity contribution in [3.63, 3.8) is 0 Å². The van der Waals surface area contributed by atoms with Crippen LogP contribution >= 0.6 is 0 Å². The highest BCUT2D eigenvalue weighted by atomic mass is 16.5. The van der Waals surface area contributed by atoms with Crippen LogP contribution in [0.1, 0.15) is 79.0 Å². The van der Waals surface area contributed by atoms with Crippen molar-refractivity contribution in [2.24, 2.45) is 0 Å². The molecule has 4 aliphatic rings. The van der Waals surface area contributed by atoms with Gasteiger partial charge in [-0.2, -0.15) is 0 Å². The Hall–Kier alpha value is -7.76. The number of hydrogen-bond donors (Lipinski definition) is 0. The van der Waals surface area contributed by atoms with Crippen molar-refractivity contribution in [1.82, 2.24) is 0 Å². The monoisotopic (exact) mass is 920 g/mol. The van der Waals surface area contributed by atoms with Crippen molar-refractivity contribution in [1.29, 1.82) is 0 Å². The molecule has 4 nitrogen and oxygen atoms in total. The SMILES string of the molecule is CC(C)(C)c1cc2c3c(c1)-c1ccccc1Oc1ccccc1-c1ccccc1N3c1cc(C(C)(C)C)cc3c1B2c1cc(C(C)(C)C)cc2c1N3c1ccccc1-c1ccccc1Oc1ccccc1-2. The molecule has 4 aliphatic heterocycles. The summed E-state index contributed by atoms with van der Waals surface area (Å²) < 4.78 is 14.3. The fourth-order valence-electron chi connectivity index (χ4n) is 11.6. The molecule has 0 fully saturated rings. The van der Waals surface area contributed by atoms with E-state index in [1.807, 2.05) is 0 Å². The maximum Gasteiger partial charge on any atom is 0.252 e. The van der Waals surface area contributed by atoms with Crippen LogP contribution in [0.15, 0.2) is 182 Å². The molecule has 71 heavy (non-hydrogen) atoms. The Morgan fingerprint density at radius 3 is 0.958 bits per heavy atom. The molecule has 9 aromatic carbocycles.